The van der Waals surface area contributed by atoms with Gasteiger partial charge in [0.05, 0.1) is 24.3 Å². The molecule has 0 fully saturated rings. The van der Waals surface area contributed by atoms with Gasteiger partial charge in [-0.05, 0) is 28.5 Å². The predicted octanol–water partition coefficient (Wildman–Crippen LogP) is 1.87. The average Bonchev–Trinajstić information content (AvgIpc) is 2.87. The lowest BCUT2D eigenvalue weighted by Crippen LogP contribution is -2.24. The van der Waals surface area contributed by atoms with Crippen LogP contribution in [-0.2, 0) is 7.05 Å². The van der Waals surface area contributed by atoms with E-state index >= 15 is 0 Å². The van der Waals surface area contributed by atoms with Crippen LogP contribution in [-0.4, -0.2) is 21.5 Å². The van der Waals surface area contributed by atoms with E-state index in [2.05, 4.69) is 38.5 Å². The molecule has 0 aliphatic rings. The Morgan fingerprint density at radius 1 is 1.62 bits per heavy atom. The quantitative estimate of drug-likeness (QED) is 0.931. The molecule has 0 aliphatic heterocycles. The van der Waals surface area contributed by atoms with E-state index in [1.165, 1.54) is 0 Å². The van der Waals surface area contributed by atoms with Crippen molar-refractivity contribution in [3.63, 3.8) is 0 Å². The van der Waals surface area contributed by atoms with Crippen molar-refractivity contribution in [1.29, 1.82) is 0 Å². The molecule has 1 N–H and O–H groups in total. The van der Waals surface area contributed by atoms with Crippen LogP contribution in [0.4, 0.5) is 0 Å². The Morgan fingerprint density at radius 3 is 2.94 bits per heavy atom. The summed E-state index contributed by atoms with van der Waals surface area (Å²) in [7, 11) is 1.87. The lowest BCUT2D eigenvalue weighted by Gasteiger charge is -2.16. The Hall–Kier alpha value is -1.14. The number of hydrogen-bond acceptors (Lipinski definition) is 4. The molecule has 0 saturated heterocycles. The smallest absolute Gasteiger partial charge is 0.153 e. The number of aromatic nitrogens is 3. The average molecular weight is 285 g/mol. The normalized spacial score (nSPS) is 12.9. The van der Waals surface area contributed by atoms with E-state index in [0.29, 0.717) is 0 Å². The Labute approximate surface area is 102 Å². The van der Waals surface area contributed by atoms with E-state index in [4.69, 9.17) is 4.42 Å². The maximum absolute atomic E-state index is 5.11. The number of nitrogens with one attached hydrogen (secondary N) is 1. The fourth-order valence-corrected chi connectivity index (χ4v) is 2.22. The van der Waals surface area contributed by atoms with Gasteiger partial charge in [0.25, 0.3) is 0 Å². The Balaban J connectivity index is 2.40. The first-order chi connectivity index (χ1) is 7.74. The van der Waals surface area contributed by atoms with Crippen molar-refractivity contribution in [2.75, 3.05) is 6.54 Å². The zero-order chi connectivity index (χ0) is 11.5. The van der Waals surface area contributed by atoms with Crippen LogP contribution in [0, 0.1) is 0 Å². The van der Waals surface area contributed by atoms with Crippen LogP contribution in [0.1, 0.15) is 24.2 Å². The van der Waals surface area contributed by atoms with Gasteiger partial charge < -0.3 is 9.73 Å². The molecule has 0 radical (unpaired) electrons. The summed E-state index contributed by atoms with van der Waals surface area (Å²) in [4.78, 5) is 0. The molecule has 2 aromatic heterocycles. The Kier molecular flexibility index (Phi) is 3.40. The van der Waals surface area contributed by atoms with E-state index < -0.39 is 0 Å². The van der Waals surface area contributed by atoms with E-state index in [-0.39, 0.29) is 6.04 Å². The van der Waals surface area contributed by atoms with Gasteiger partial charge in [0.2, 0.25) is 0 Å². The van der Waals surface area contributed by atoms with Crippen molar-refractivity contribution in [3.05, 3.63) is 34.5 Å². The van der Waals surface area contributed by atoms with Crippen molar-refractivity contribution >= 4 is 15.9 Å². The predicted molar refractivity (Wildman–Crippen MR) is 62.9 cm³/mol. The van der Waals surface area contributed by atoms with Crippen molar-refractivity contribution in [2.45, 2.75) is 13.0 Å². The third-order valence-corrected chi connectivity index (χ3v) is 2.95. The minimum Gasteiger partial charge on any atom is -0.472 e. The molecule has 0 amide bonds. The number of nitrogens with zero attached hydrogens (tertiary/aromatic N) is 3. The molecule has 0 bridgehead atoms. The molecule has 2 heterocycles. The third-order valence-electron chi connectivity index (χ3n) is 2.38. The van der Waals surface area contributed by atoms with Gasteiger partial charge in [-0.15, -0.1) is 5.10 Å². The van der Waals surface area contributed by atoms with Crippen molar-refractivity contribution < 1.29 is 4.42 Å². The zero-order valence-corrected chi connectivity index (χ0v) is 10.7. The van der Waals surface area contributed by atoms with Crippen molar-refractivity contribution in [3.8, 4) is 0 Å². The van der Waals surface area contributed by atoms with Gasteiger partial charge in [0, 0.05) is 12.6 Å². The SMILES string of the molecule is CCNC(c1ccoc1)c1c(Br)nnn1C. The molecule has 1 atom stereocenters. The van der Waals surface area contributed by atoms with E-state index in [9.17, 15) is 0 Å². The molecule has 86 valence electrons. The summed E-state index contributed by atoms with van der Waals surface area (Å²) in [6.45, 7) is 2.91. The van der Waals surface area contributed by atoms with E-state index in [0.717, 1.165) is 22.4 Å². The molecule has 0 spiro atoms. The summed E-state index contributed by atoms with van der Waals surface area (Å²) in [5, 5.41) is 11.3. The van der Waals surface area contributed by atoms with Gasteiger partial charge in [-0.1, -0.05) is 12.1 Å². The zero-order valence-electron chi connectivity index (χ0n) is 9.14. The van der Waals surface area contributed by atoms with Gasteiger partial charge in [0.15, 0.2) is 4.60 Å². The first-order valence-electron chi connectivity index (χ1n) is 5.04. The largest absolute Gasteiger partial charge is 0.472 e. The van der Waals surface area contributed by atoms with E-state index in [1.807, 2.05) is 13.1 Å². The molecule has 0 saturated carbocycles. The summed E-state index contributed by atoms with van der Waals surface area (Å²) in [5.74, 6) is 0. The molecular weight excluding hydrogens is 272 g/mol. The van der Waals surface area contributed by atoms with Crippen LogP contribution in [0.15, 0.2) is 27.6 Å². The molecule has 2 rings (SSSR count). The number of hydrogen-bond donors (Lipinski definition) is 1. The van der Waals surface area contributed by atoms with Crippen molar-refractivity contribution in [2.24, 2.45) is 7.05 Å². The standard InChI is InChI=1S/C10H13BrN4O/c1-3-12-8(7-4-5-16-6-7)9-10(11)13-14-15(9)2/h4-6,8,12H,3H2,1-2H3. The van der Waals surface area contributed by atoms with Crippen LogP contribution < -0.4 is 5.32 Å². The third kappa shape index (κ3) is 2.03. The van der Waals surface area contributed by atoms with Gasteiger partial charge in [-0.3, -0.25) is 0 Å². The van der Waals surface area contributed by atoms with Crippen LogP contribution in [0.3, 0.4) is 0 Å². The monoisotopic (exact) mass is 284 g/mol. The van der Waals surface area contributed by atoms with Crippen LogP contribution >= 0.6 is 15.9 Å². The molecule has 6 heteroatoms. The minimum absolute atomic E-state index is 0.0399. The lowest BCUT2D eigenvalue weighted by atomic mass is 10.1. The fourth-order valence-electron chi connectivity index (χ4n) is 1.66. The summed E-state index contributed by atoms with van der Waals surface area (Å²) < 4.78 is 7.62. The number of aryl methyl sites for hydroxylation is 1. The summed E-state index contributed by atoms with van der Waals surface area (Å²) in [6, 6.07) is 1.98. The molecule has 1 unspecified atom stereocenters. The molecule has 16 heavy (non-hydrogen) atoms. The van der Waals surface area contributed by atoms with Crippen LogP contribution in [0.2, 0.25) is 0 Å². The first-order valence-corrected chi connectivity index (χ1v) is 5.84. The molecule has 5 nitrogen and oxygen atoms in total. The summed E-state index contributed by atoms with van der Waals surface area (Å²) >= 11 is 3.41. The fraction of sp³-hybridized carbons (Fsp3) is 0.400. The second-order valence-corrected chi connectivity index (χ2v) is 4.19. The van der Waals surface area contributed by atoms with Crippen molar-refractivity contribution in [1.82, 2.24) is 20.3 Å². The highest BCUT2D eigenvalue weighted by Gasteiger charge is 2.21. The van der Waals surface area contributed by atoms with E-state index in [1.54, 1.807) is 17.2 Å². The maximum atomic E-state index is 5.11. The summed E-state index contributed by atoms with van der Waals surface area (Å²) in [6.07, 6.45) is 3.39. The number of furan rings is 1. The van der Waals surface area contributed by atoms with Gasteiger partial charge in [-0.25, -0.2) is 4.68 Å². The van der Waals surface area contributed by atoms with Crippen LogP contribution in [0.5, 0.6) is 0 Å². The lowest BCUT2D eigenvalue weighted by molar-refractivity contribution is 0.538. The van der Waals surface area contributed by atoms with Crippen LogP contribution in [0.25, 0.3) is 0 Å². The van der Waals surface area contributed by atoms with Gasteiger partial charge in [-0.2, -0.15) is 0 Å². The first kappa shape index (κ1) is 11.3. The molecule has 0 aliphatic carbocycles. The second-order valence-electron chi connectivity index (χ2n) is 3.44. The molecule has 2 aromatic rings. The highest BCUT2D eigenvalue weighted by Crippen LogP contribution is 2.26. The minimum atomic E-state index is 0.0399. The second kappa shape index (κ2) is 4.80. The molecular formula is C10H13BrN4O. The number of rotatable bonds is 4. The Bertz CT molecular complexity index is 432. The Morgan fingerprint density at radius 2 is 2.44 bits per heavy atom. The van der Waals surface area contributed by atoms with Gasteiger partial charge >= 0.3 is 0 Å². The maximum Gasteiger partial charge on any atom is 0.153 e. The number of halogens is 1. The molecule has 0 aromatic carbocycles. The summed E-state index contributed by atoms with van der Waals surface area (Å²) in [5.41, 5.74) is 2.05. The topological polar surface area (TPSA) is 55.9 Å². The highest BCUT2D eigenvalue weighted by atomic mass is 79.9. The highest BCUT2D eigenvalue weighted by molar-refractivity contribution is 9.10. The van der Waals surface area contributed by atoms with Gasteiger partial charge in [0.1, 0.15) is 0 Å².